The second-order valence-electron chi connectivity index (χ2n) is 7.19. The van der Waals surface area contributed by atoms with Crippen LogP contribution in [0.1, 0.15) is 36.8 Å². The zero-order valence-electron chi connectivity index (χ0n) is 17.4. The molecule has 0 atom stereocenters. The number of hydrogen-bond acceptors (Lipinski definition) is 7. The number of unbranched alkanes of at least 4 members (excludes halogenated alkanes) is 1. The van der Waals surface area contributed by atoms with Crippen molar-refractivity contribution in [3.8, 4) is 22.5 Å². The first-order valence-corrected chi connectivity index (χ1v) is 11.0. The van der Waals surface area contributed by atoms with Crippen molar-refractivity contribution in [1.82, 2.24) is 30.2 Å². The molecule has 0 bridgehead atoms. The lowest BCUT2D eigenvalue weighted by molar-refractivity contribution is 0.417. The second kappa shape index (κ2) is 10.4. The Hall–Kier alpha value is -3.17. The van der Waals surface area contributed by atoms with E-state index in [9.17, 15) is 0 Å². The van der Waals surface area contributed by atoms with Crippen molar-refractivity contribution in [2.75, 3.05) is 0 Å². The van der Waals surface area contributed by atoms with E-state index in [4.69, 9.17) is 11.6 Å². The van der Waals surface area contributed by atoms with Crippen LogP contribution in [0.2, 0.25) is 5.15 Å². The lowest BCUT2D eigenvalue weighted by Crippen LogP contribution is -2.09. The molecule has 0 saturated carbocycles. The van der Waals surface area contributed by atoms with Gasteiger partial charge in [0.1, 0.15) is 11.5 Å². The minimum atomic E-state index is 0.399. The quantitative estimate of drug-likeness (QED) is 0.157. The van der Waals surface area contributed by atoms with Gasteiger partial charge in [-0.3, -0.25) is 0 Å². The maximum atomic E-state index is 6.38. The molecule has 10 heteroatoms. The summed E-state index contributed by atoms with van der Waals surface area (Å²) in [6, 6.07) is 16.3. The smallest absolute Gasteiger partial charge is 0.205 e. The third-order valence-corrected chi connectivity index (χ3v) is 5.51. The summed E-state index contributed by atoms with van der Waals surface area (Å²) >= 11 is 10.1. The van der Waals surface area contributed by atoms with E-state index in [1.165, 1.54) is 6.21 Å². The molecular weight excluding hydrogens is 446 g/mol. The van der Waals surface area contributed by atoms with Gasteiger partial charge in [0.2, 0.25) is 5.82 Å². The van der Waals surface area contributed by atoms with Gasteiger partial charge in [0, 0.05) is 18.5 Å². The van der Waals surface area contributed by atoms with Gasteiger partial charge in [0.15, 0.2) is 5.15 Å². The molecule has 4 aromatic rings. The molecule has 0 radical (unpaired) electrons. The highest BCUT2D eigenvalue weighted by Crippen LogP contribution is 2.30. The molecule has 0 unspecified atom stereocenters. The third kappa shape index (κ3) is 4.84. The fraction of sp³-hybridized carbons (Fsp3) is 0.227. The van der Waals surface area contributed by atoms with Gasteiger partial charge in [-0.15, -0.1) is 10.2 Å². The van der Waals surface area contributed by atoms with E-state index < -0.39 is 0 Å². The van der Waals surface area contributed by atoms with Crippen molar-refractivity contribution in [2.24, 2.45) is 5.16 Å². The highest BCUT2D eigenvalue weighted by Gasteiger charge is 2.15. The molecule has 0 fully saturated rings. The van der Waals surface area contributed by atoms with E-state index >= 15 is 0 Å². The van der Waals surface area contributed by atoms with E-state index in [0.717, 1.165) is 47.3 Å². The van der Waals surface area contributed by atoms with Gasteiger partial charge < -0.3 is 8.85 Å². The third-order valence-electron chi connectivity index (χ3n) is 5.14. The van der Waals surface area contributed by atoms with Crippen LogP contribution >= 0.6 is 24.5 Å². The maximum Gasteiger partial charge on any atom is 0.205 e. The average molecular weight is 468 g/mol. The van der Waals surface area contributed by atoms with Crippen LogP contribution in [0.3, 0.4) is 0 Å². The first-order valence-electron chi connectivity index (χ1n) is 10.2. The number of nitrogens with one attached hydrogen (secondary N) is 1. The van der Waals surface area contributed by atoms with Crippen molar-refractivity contribution in [3.05, 3.63) is 70.8 Å². The Morgan fingerprint density at radius 1 is 1.16 bits per heavy atom. The van der Waals surface area contributed by atoms with Crippen LogP contribution in [-0.4, -0.2) is 36.4 Å². The molecule has 8 nitrogen and oxygen atoms in total. The van der Waals surface area contributed by atoms with Crippen LogP contribution in [0.15, 0.2) is 53.7 Å². The molecule has 2 aromatic heterocycles. The van der Waals surface area contributed by atoms with Crippen molar-refractivity contribution in [3.63, 3.8) is 0 Å². The minimum Gasteiger partial charge on any atom is -0.325 e. The fourth-order valence-corrected chi connectivity index (χ4v) is 3.85. The number of halogens is 1. The molecular formula is C22H22ClN7OS. The molecule has 2 heterocycles. The minimum absolute atomic E-state index is 0.399. The number of aromatic nitrogens is 6. The summed E-state index contributed by atoms with van der Waals surface area (Å²) in [5, 5.41) is 18.6. The lowest BCUT2D eigenvalue weighted by Gasteiger charge is -2.12. The van der Waals surface area contributed by atoms with E-state index in [-0.39, 0.29) is 0 Å². The van der Waals surface area contributed by atoms with Gasteiger partial charge in [-0.1, -0.05) is 78.6 Å². The number of H-pyrrole nitrogens is 1. The van der Waals surface area contributed by atoms with E-state index in [1.54, 1.807) is 0 Å². The van der Waals surface area contributed by atoms with Crippen LogP contribution in [0.25, 0.3) is 22.5 Å². The number of thiol groups is 1. The van der Waals surface area contributed by atoms with Gasteiger partial charge in [-0.2, -0.15) is 5.21 Å². The Balaban J connectivity index is 1.64. The Kier molecular flexibility index (Phi) is 7.18. The van der Waals surface area contributed by atoms with Crippen molar-refractivity contribution < 1.29 is 4.28 Å². The van der Waals surface area contributed by atoms with Crippen LogP contribution in [0.4, 0.5) is 0 Å². The monoisotopic (exact) mass is 467 g/mol. The summed E-state index contributed by atoms with van der Waals surface area (Å²) in [5.41, 5.74) is 4.82. The lowest BCUT2D eigenvalue weighted by atomic mass is 9.98. The zero-order valence-corrected chi connectivity index (χ0v) is 19.1. The van der Waals surface area contributed by atoms with Crippen LogP contribution in [-0.2, 0) is 17.2 Å². The SMILES string of the molecule is CCCCc1nc(Cl)c(C=NOS)n1Cc1ccc(-c2ccccc2-c2nn[nH]n2)cc1. The van der Waals surface area contributed by atoms with E-state index in [2.05, 4.69) is 83.7 Å². The van der Waals surface area contributed by atoms with Gasteiger partial charge >= 0.3 is 0 Å². The molecule has 1 N–H and O–H groups in total. The Morgan fingerprint density at radius 2 is 1.94 bits per heavy atom. The molecule has 164 valence electrons. The fourth-order valence-electron chi connectivity index (χ4n) is 3.56. The molecule has 2 aromatic carbocycles. The number of aromatic amines is 1. The number of oxime groups is 1. The number of tetrazole rings is 1. The Labute approximate surface area is 196 Å². The van der Waals surface area contributed by atoms with E-state index in [1.807, 2.05) is 24.3 Å². The van der Waals surface area contributed by atoms with Gasteiger partial charge in [-0.05, 0) is 28.3 Å². The zero-order chi connectivity index (χ0) is 22.3. The molecule has 32 heavy (non-hydrogen) atoms. The molecule has 0 saturated heterocycles. The van der Waals surface area contributed by atoms with Gasteiger partial charge in [0.05, 0.1) is 19.1 Å². The first-order chi connectivity index (χ1) is 15.7. The van der Waals surface area contributed by atoms with Gasteiger partial charge in [0.25, 0.3) is 0 Å². The normalized spacial score (nSPS) is 11.3. The number of hydrogen-bond donors (Lipinski definition) is 2. The maximum absolute atomic E-state index is 6.38. The Morgan fingerprint density at radius 3 is 2.62 bits per heavy atom. The van der Waals surface area contributed by atoms with Crippen LogP contribution in [0, 0.1) is 0 Å². The first kappa shape index (κ1) is 22.0. The summed E-state index contributed by atoms with van der Waals surface area (Å²) in [4.78, 5) is 4.54. The number of benzene rings is 2. The summed E-state index contributed by atoms with van der Waals surface area (Å²) in [7, 11) is 0. The predicted octanol–water partition coefficient (Wildman–Crippen LogP) is 4.97. The number of nitrogens with zero attached hydrogens (tertiary/aromatic N) is 6. The summed E-state index contributed by atoms with van der Waals surface area (Å²) in [6.07, 6.45) is 4.47. The molecule has 0 aliphatic heterocycles. The number of aryl methyl sites for hydroxylation is 1. The highest BCUT2D eigenvalue weighted by molar-refractivity contribution is 7.75. The van der Waals surface area contributed by atoms with Crippen LogP contribution in [0.5, 0.6) is 0 Å². The van der Waals surface area contributed by atoms with Crippen molar-refractivity contribution in [1.29, 1.82) is 0 Å². The van der Waals surface area contributed by atoms with Crippen molar-refractivity contribution >= 4 is 30.7 Å². The highest BCUT2D eigenvalue weighted by atomic mass is 35.5. The summed E-state index contributed by atoms with van der Waals surface area (Å²) < 4.78 is 6.62. The molecule has 0 aliphatic carbocycles. The summed E-state index contributed by atoms with van der Waals surface area (Å²) in [5.74, 6) is 1.48. The van der Waals surface area contributed by atoms with Crippen LogP contribution < -0.4 is 0 Å². The number of imidazole rings is 1. The molecule has 0 amide bonds. The van der Waals surface area contributed by atoms with E-state index in [0.29, 0.717) is 23.2 Å². The second-order valence-corrected chi connectivity index (χ2v) is 7.71. The predicted molar refractivity (Wildman–Crippen MR) is 128 cm³/mol. The standard InChI is InChI=1S/C22H22ClN7OS/c1-2-3-8-20-25-21(23)19(13-24-31-32)30(20)14-15-9-11-16(12-10-15)17-6-4-5-7-18(17)22-26-28-29-27-22/h4-7,9-13,32H,2-3,8,14H2,1H3,(H,26,27,28,29). The molecule has 0 aliphatic rings. The number of rotatable bonds is 9. The molecule has 4 rings (SSSR count). The summed E-state index contributed by atoms with van der Waals surface area (Å²) in [6.45, 7) is 2.76. The topological polar surface area (TPSA) is 93.9 Å². The average Bonchev–Trinajstić information content (AvgIpc) is 3.45. The van der Waals surface area contributed by atoms with Crippen molar-refractivity contribution in [2.45, 2.75) is 32.7 Å². The largest absolute Gasteiger partial charge is 0.325 e. The molecule has 0 spiro atoms. The Bertz CT molecular complexity index is 1190. The van der Waals surface area contributed by atoms with Gasteiger partial charge in [-0.25, -0.2) is 4.98 Å².